The van der Waals surface area contributed by atoms with E-state index >= 15 is 0 Å². The molecule has 5 nitrogen and oxygen atoms in total. The zero-order valence-corrected chi connectivity index (χ0v) is 13.5. The van der Waals surface area contributed by atoms with Crippen molar-refractivity contribution < 1.29 is 8.42 Å². The lowest BCUT2D eigenvalue weighted by Crippen LogP contribution is -2.40. The van der Waals surface area contributed by atoms with Gasteiger partial charge in [-0.05, 0) is 38.6 Å². The van der Waals surface area contributed by atoms with E-state index in [2.05, 4.69) is 10.0 Å². The maximum absolute atomic E-state index is 11.9. The second-order valence-corrected chi connectivity index (χ2v) is 7.80. The third kappa shape index (κ3) is 6.20. The predicted octanol–water partition coefficient (Wildman–Crippen LogP) is 1.32. The van der Waals surface area contributed by atoms with E-state index in [1.165, 1.54) is 15.6 Å². The molecule has 0 aliphatic rings. The summed E-state index contributed by atoms with van der Waals surface area (Å²) < 4.78 is 28.4. The smallest absolute Gasteiger partial charge is 0.279 e. The molecule has 0 unspecified atom stereocenters. The van der Waals surface area contributed by atoms with Crippen LogP contribution in [0.3, 0.4) is 0 Å². The molecule has 1 heterocycles. The maximum Gasteiger partial charge on any atom is 0.279 e. The second-order valence-electron chi connectivity index (χ2n) is 4.13. The number of nitrogens with zero attached hydrogens (tertiary/aromatic N) is 1. The Morgan fingerprint density at radius 3 is 2.68 bits per heavy atom. The first-order valence-electron chi connectivity index (χ1n) is 6.05. The van der Waals surface area contributed by atoms with Crippen LogP contribution in [-0.2, 0) is 16.6 Å². The van der Waals surface area contributed by atoms with Crippen LogP contribution in [0, 0.1) is 0 Å². The minimum atomic E-state index is -3.38. The molecule has 0 saturated heterocycles. The molecule has 0 bridgehead atoms. The lowest BCUT2D eigenvalue weighted by molar-refractivity contribution is 0.448. The molecule has 0 aliphatic carbocycles. The number of hydrogen-bond donors (Lipinski definition) is 2. The van der Waals surface area contributed by atoms with E-state index in [4.69, 9.17) is 11.6 Å². The summed E-state index contributed by atoms with van der Waals surface area (Å²) in [6.07, 6.45) is 1.44. The van der Waals surface area contributed by atoms with Gasteiger partial charge < -0.3 is 5.32 Å². The van der Waals surface area contributed by atoms with E-state index in [-0.39, 0.29) is 0 Å². The van der Waals surface area contributed by atoms with Gasteiger partial charge in [0.1, 0.15) is 0 Å². The first kappa shape index (κ1) is 16.9. The van der Waals surface area contributed by atoms with Crippen LogP contribution in [0.15, 0.2) is 12.1 Å². The average Bonchev–Trinajstić information content (AvgIpc) is 2.75. The molecule has 0 spiro atoms. The van der Waals surface area contributed by atoms with Crippen molar-refractivity contribution in [1.82, 2.24) is 14.3 Å². The Kier molecular flexibility index (Phi) is 7.27. The molecule has 0 radical (unpaired) electrons. The molecular weight excluding hydrogens is 306 g/mol. The fourth-order valence-corrected chi connectivity index (χ4v) is 3.54. The molecule has 1 aromatic heterocycles. The Balaban J connectivity index is 2.33. The molecule has 0 saturated carbocycles. The van der Waals surface area contributed by atoms with Gasteiger partial charge in [-0.2, -0.15) is 12.7 Å². The number of rotatable bonds is 9. The van der Waals surface area contributed by atoms with E-state index in [0.717, 1.165) is 22.2 Å². The molecule has 1 aromatic rings. The van der Waals surface area contributed by atoms with Crippen molar-refractivity contribution in [3.63, 3.8) is 0 Å². The van der Waals surface area contributed by atoms with Crippen molar-refractivity contribution in [2.45, 2.75) is 12.8 Å². The quantitative estimate of drug-likeness (QED) is 0.673. The van der Waals surface area contributed by atoms with Crippen LogP contribution in [0.1, 0.15) is 11.3 Å². The fourth-order valence-electron chi connectivity index (χ4n) is 1.50. The van der Waals surface area contributed by atoms with Crippen LogP contribution >= 0.6 is 22.9 Å². The number of thiophene rings is 1. The Morgan fingerprint density at radius 2 is 2.11 bits per heavy atom. The van der Waals surface area contributed by atoms with Gasteiger partial charge in [0.05, 0.1) is 4.34 Å². The highest BCUT2D eigenvalue weighted by atomic mass is 35.5. The van der Waals surface area contributed by atoms with Gasteiger partial charge in [-0.25, -0.2) is 4.72 Å². The van der Waals surface area contributed by atoms with Crippen LogP contribution in [0.25, 0.3) is 0 Å². The Morgan fingerprint density at radius 1 is 1.37 bits per heavy atom. The van der Waals surface area contributed by atoms with Crippen molar-refractivity contribution in [3.8, 4) is 0 Å². The molecule has 19 heavy (non-hydrogen) atoms. The van der Waals surface area contributed by atoms with Crippen LogP contribution in [0.4, 0.5) is 0 Å². The molecule has 2 N–H and O–H groups in total. The van der Waals surface area contributed by atoms with Crippen LogP contribution in [0.2, 0.25) is 4.34 Å². The summed E-state index contributed by atoms with van der Waals surface area (Å²) in [5, 5.41) is 2.99. The summed E-state index contributed by atoms with van der Waals surface area (Å²) in [5.41, 5.74) is 0. The molecule has 1 rings (SSSR count). The first-order chi connectivity index (χ1) is 8.95. The van der Waals surface area contributed by atoms with Crippen molar-refractivity contribution in [3.05, 3.63) is 21.3 Å². The van der Waals surface area contributed by atoms with Gasteiger partial charge in [0.25, 0.3) is 10.2 Å². The topological polar surface area (TPSA) is 61.4 Å². The van der Waals surface area contributed by atoms with Gasteiger partial charge in [0, 0.05) is 25.0 Å². The third-order valence-corrected chi connectivity index (χ3v) is 5.46. The highest BCUT2D eigenvalue weighted by molar-refractivity contribution is 7.87. The molecule has 110 valence electrons. The maximum atomic E-state index is 11.9. The zero-order valence-electron chi connectivity index (χ0n) is 11.1. The van der Waals surface area contributed by atoms with Crippen LogP contribution in [-0.4, -0.2) is 46.5 Å². The summed E-state index contributed by atoms with van der Waals surface area (Å²) in [6.45, 7) is 1.68. The summed E-state index contributed by atoms with van der Waals surface area (Å²) >= 11 is 7.29. The second kappa shape index (κ2) is 8.18. The molecule has 0 aromatic carbocycles. The van der Waals surface area contributed by atoms with E-state index in [1.54, 1.807) is 7.05 Å². The SMILES string of the molecule is CNCCCN(C)S(=O)(=O)NCCc1ccc(Cl)s1. The Hall–Kier alpha value is -0.180. The Bertz CT molecular complexity index is 476. The van der Waals surface area contributed by atoms with E-state index < -0.39 is 10.2 Å². The minimum absolute atomic E-state index is 0.384. The number of nitrogens with one attached hydrogen (secondary N) is 2. The monoisotopic (exact) mass is 325 g/mol. The van der Waals surface area contributed by atoms with Crippen molar-refractivity contribution in [1.29, 1.82) is 0 Å². The van der Waals surface area contributed by atoms with Gasteiger partial charge in [-0.15, -0.1) is 11.3 Å². The minimum Gasteiger partial charge on any atom is -0.320 e. The normalized spacial score (nSPS) is 12.2. The van der Waals surface area contributed by atoms with Crippen LogP contribution < -0.4 is 10.0 Å². The molecule has 0 fully saturated rings. The van der Waals surface area contributed by atoms with Crippen molar-refractivity contribution >= 4 is 33.1 Å². The third-order valence-electron chi connectivity index (χ3n) is 2.59. The zero-order chi connectivity index (χ0) is 14.3. The van der Waals surface area contributed by atoms with Crippen molar-refractivity contribution in [2.24, 2.45) is 0 Å². The summed E-state index contributed by atoms with van der Waals surface area (Å²) in [4.78, 5) is 1.07. The van der Waals surface area contributed by atoms with E-state index in [9.17, 15) is 8.42 Å². The largest absolute Gasteiger partial charge is 0.320 e. The summed E-state index contributed by atoms with van der Waals surface area (Å²) in [7, 11) is 0.0526. The predicted molar refractivity (Wildman–Crippen MR) is 81.1 cm³/mol. The number of halogens is 1. The van der Waals surface area contributed by atoms with Gasteiger partial charge in [-0.3, -0.25) is 0 Å². The summed E-state index contributed by atoms with van der Waals surface area (Å²) in [5.74, 6) is 0. The Labute approximate surface area is 124 Å². The molecular formula is C11H20ClN3O2S2. The van der Waals surface area contributed by atoms with Gasteiger partial charge in [0.2, 0.25) is 0 Å². The summed E-state index contributed by atoms with van der Waals surface area (Å²) in [6, 6.07) is 3.73. The lowest BCUT2D eigenvalue weighted by atomic mass is 10.3. The van der Waals surface area contributed by atoms with Crippen molar-refractivity contribution in [2.75, 3.05) is 33.7 Å². The molecule has 8 heteroatoms. The first-order valence-corrected chi connectivity index (χ1v) is 8.69. The molecule has 0 aliphatic heterocycles. The van der Waals surface area contributed by atoms with E-state index in [1.807, 2.05) is 19.2 Å². The fraction of sp³-hybridized carbons (Fsp3) is 0.636. The average molecular weight is 326 g/mol. The molecule has 0 atom stereocenters. The van der Waals surface area contributed by atoms with Gasteiger partial charge >= 0.3 is 0 Å². The highest BCUT2D eigenvalue weighted by Crippen LogP contribution is 2.21. The van der Waals surface area contributed by atoms with Gasteiger partial charge in [-0.1, -0.05) is 11.6 Å². The lowest BCUT2D eigenvalue weighted by Gasteiger charge is -2.17. The number of hydrogen-bond acceptors (Lipinski definition) is 4. The van der Waals surface area contributed by atoms with Crippen LogP contribution in [0.5, 0.6) is 0 Å². The van der Waals surface area contributed by atoms with E-state index in [0.29, 0.717) is 19.5 Å². The highest BCUT2D eigenvalue weighted by Gasteiger charge is 2.16. The standard InChI is InChI=1S/C11H20ClN3O2S2/c1-13-7-3-9-15(2)19(16,17)14-8-6-10-4-5-11(12)18-10/h4-5,13-14H,3,6-9H2,1-2H3. The van der Waals surface area contributed by atoms with Gasteiger partial charge in [0.15, 0.2) is 0 Å². The molecule has 0 amide bonds.